The van der Waals surface area contributed by atoms with Gasteiger partial charge < -0.3 is 9.73 Å². The van der Waals surface area contributed by atoms with E-state index in [-0.39, 0.29) is 29.9 Å². The third-order valence-corrected chi connectivity index (χ3v) is 5.89. The number of carbonyl (C=O) groups is 1. The molecular formula is C18H22Cl2N2O2. The first-order valence-corrected chi connectivity index (χ1v) is 8.58. The van der Waals surface area contributed by atoms with Crippen molar-refractivity contribution in [1.82, 2.24) is 10.2 Å². The highest BCUT2D eigenvalue weighted by atomic mass is 35.5. The Morgan fingerprint density at radius 3 is 2.67 bits per heavy atom. The summed E-state index contributed by atoms with van der Waals surface area (Å²) in [6, 6.07) is 7.45. The summed E-state index contributed by atoms with van der Waals surface area (Å²) in [7, 11) is 0. The molecule has 2 aromatic rings. The van der Waals surface area contributed by atoms with Crippen LogP contribution in [0.15, 0.2) is 28.7 Å². The maximum absolute atomic E-state index is 12.7. The van der Waals surface area contributed by atoms with Crippen molar-refractivity contribution >= 4 is 40.9 Å². The summed E-state index contributed by atoms with van der Waals surface area (Å²) in [5, 5.41) is 4.61. The standard InChI is InChI=1S/C18H21ClN2O2.ClH/c1-18(2)16(11-6-8-21(18)9-7-11)20-17(22)14-10-12-4-3-5-13(19)15(12)23-14;/h3-5,10-11,16H,6-9H2,1-2H3,(H,20,22);1H. The molecule has 4 heterocycles. The fourth-order valence-electron chi connectivity index (χ4n) is 4.23. The van der Waals surface area contributed by atoms with E-state index in [2.05, 4.69) is 24.1 Å². The van der Waals surface area contributed by atoms with Crippen LogP contribution >= 0.6 is 24.0 Å². The molecule has 1 unspecified atom stereocenters. The van der Waals surface area contributed by atoms with E-state index in [0.717, 1.165) is 31.3 Å². The molecule has 24 heavy (non-hydrogen) atoms. The average Bonchev–Trinajstić information content (AvgIpc) is 2.97. The summed E-state index contributed by atoms with van der Waals surface area (Å²) in [6.45, 7) is 6.70. The summed E-state index contributed by atoms with van der Waals surface area (Å²) in [5.41, 5.74) is 0.563. The molecule has 3 fully saturated rings. The highest BCUT2D eigenvalue weighted by molar-refractivity contribution is 6.34. The minimum Gasteiger partial charge on any atom is -0.449 e. The van der Waals surface area contributed by atoms with Gasteiger partial charge in [0.2, 0.25) is 0 Å². The summed E-state index contributed by atoms with van der Waals surface area (Å²) in [6.07, 6.45) is 2.31. The summed E-state index contributed by atoms with van der Waals surface area (Å²) in [4.78, 5) is 15.2. The normalized spacial score (nSPS) is 27.7. The van der Waals surface area contributed by atoms with Crippen molar-refractivity contribution in [2.45, 2.75) is 38.3 Å². The molecule has 0 radical (unpaired) electrons. The molecule has 0 spiro atoms. The van der Waals surface area contributed by atoms with E-state index in [1.165, 1.54) is 0 Å². The molecule has 3 saturated heterocycles. The van der Waals surface area contributed by atoms with Gasteiger partial charge in [-0.25, -0.2) is 0 Å². The summed E-state index contributed by atoms with van der Waals surface area (Å²) >= 11 is 6.13. The van der Waals surface area contributed by atoms with Crippen LogP contribution in [0.2, 0.25) is 5.02 Å². The number of amides is 1. The van der Waals surface area contributed by atoms with E-state index in [1.54, 1.807) is 12.1 Å². The number of rotatable bonds is 2. The van der Waals surface area contributed by atoms with Crippen molar-refractivity contribution in [3.8, 4) is 0 Å². The zero-order valence-electron chi connectivity index (χ0n) is 13.8. The molecule has 0 aliphatic carbocycles. The molecule has 3 aliphatic rings. The fraction of sp³-hybridized carbons (Fsp3) is 0.500. The lowest BCUT2D eigenvalue weighted by Gasteiger charge is -2.56. The number of piperidine rings is 3. The van der Waals surface area contributed by atoms with Crippen LogP contribution in [0.25, 0.3) is 11.0 Å². The maximum atomic E-state index is 12.7. The summed E-state index contributed by atoms with van der Waals surface area (Å²) < 4.78 is 5.69. The third kappa shape index (κ3) is 2.71. The van der Waals surface area contributed by atoms with Gasteiger partial charge in [0.15, 0.2) is 11.3 Å². The van der Waals surface area contributed by atoms with Gasteiger partial charge in [0.25, 0.3) is 5.91 Å². The molecule has 1 amide bonds. The van der Waals surface area contributed by atoms with Crippen LogP contribution in [-0.4, -0.2) is 35.5 Å². The second kappa shape index (κ2) is 6.25. The first-order valence-electron chi connectivity index (χ1n) is 8.21. The van der Waals surface area contributed by atoms with Crippen molar-refractivity contribution in [2.24, 2.45) is 5.92 Å². The minimum atomic E-state index is -0.149. The van der Waals surface area contributed by atoms with Gasteiger partial charge in [-0.05, 0) is 57.8 Å². The first-order chi connectivity index (χ1) is 11.0. The Balaban J connectivity index is 0.00000169. The van der Waals surface area contributed by atoms with Gasteiger partial charge in [-0.2, -0.15) is 0 Å². The molecule has 130 valence electrons. The number of hydrogen-bond donors (Lipinski definition) is 1. The van der Waals surface area contributed by atoms with Crippen LogP contribution in [0.5, 0.6) is 0 Å². The van der Waals surface area contributed by atoms with Crippen LogP contribution in [0.3, 0.4) is 0 Å². The van der Waals surface area contributed by atoms with Gasteiger partial charge >= 0.3 is 0 Å². The molecule has 6 heteroatoms. The highest BCUT2D eigenvalue weighted by Gasteiger charge is 2.48. The minimum absolute atomic E-state index is 0. The first kappa shape index (κ1) is 17.6. The van der Waals surface area contributed by atoms with Gasteiger partial charge in [-0.3, -0.25) is 9.69 Å². The lowest BCUT2D eigenvalue weighted by molar-refractivity contribution is -0.0380. The number of halogens is 2. The van der Waals surface area contributed by atoms with E-state index in [1.807, 2.05) is 12.1 Å². The molecule has 1 atom stereocenters. The Labute approximate surface area is 152 Å². The van der Waals surface area contributed by atoms with Gasteiger partial charge in [-0.1, -0.05) is 23.7 Å². The number of nitrogens with one attached hydrogen (secondary N) is 1. The molecule has 3 aliphatic heterocycles. The monoisotopic (exact) mass is 368 g/mol. The average molecular weight is 369 g/mol. The van der Waals surface area contributed by atoms with Gasteiger partial charge in [-0.15, -0.1) is 12.4 Å². The Morgan fingerprint density at radius 1 is 1.33 bits per heavy atom. The molecule has 1 aromatic heterocycles. The lowest BCUT2D eigenvalue weighted by atomic mass is 9.72. The highest BCUT2D eigenvalue weighted by Crippen LogP contribution is 2.39. The molecular weight excluding hydrogens is 347 g/mol. The second-order valence-corrected chi connectivity index (χ2v) is 7.61. The number of furan rings is 1. The third-order valence-electron chi connectivity index (χ3n) is 5.59. The predicted octanol–water partition coefficient (Wildman–Crippen LogP) is 4.11. The zero-order valence-corrected chi connectivity index (χ0v) is 15.4. The number of benzene rings is 1. The van der Waals surface area contributed by atoms with E-state index in [9.17, 15) is 4.79 Å². The Bertz CT molecular complexity index is 763. The SMILES string of the molecule is CC1(C)C(NC(=O)c2cc3cccc(Cl)c3o2)C2CCN1CC2.Cl. The van der Waals surface area contributed by atoms with Crippen molar-refractivity contribution in [3.63, 3.8) is 0 Å². The quantitative estimate of drug-likeness (QED) is 0.867. The number of para-hydroxylation sites is 1. The molecule has 1 aromatic carbocycles. The topological polar surface area (TPSA) is 45.5 Å². The van der Waals surface area contributed by atoms with Gasteiger partial charge in [0.1, 0.15) is 0 Å². The molecule has 0 saturated carbocycles. The van der Waals surface area contributed by atoms with E-state index >= 15 is 0 Å². The van der Waals surface area contributed by atoms with E-state index < -0.39 is 0 Å². The zero-order chi connectivity index (χ0) is 16.2. The smallest absolute Gasteiger partial charge is 0.287 e. The fourth-order valence-corrected chi connectivity index (χ4v) is 4.45. The number of fused-ring (bicyclic) bond motifs is 4. The summed E-state index contributed by atoms with van der Waals surface area (Å²) in [5.74, 6) is 0.733. The van der Waals surface area contributed by atoms with Crippen molar-refractivity contribution < 1.29 is 9.21 Å². The van der Waals surface area contributed by atoms with Crippen LogP contribution < -0.4 is 5.32 Å². The van der Waals surface area contributed by atoms with Crippen LogP contribution in [0.4, 0.5) is 0 Å². The Hall–Kier alpha value is -1.23. The number of carbonyl (C=O) groups excluding carboxylic acids is 1. The van der Waals surface area contributed by atoms with Crippen molar-refractivity contribution in [2.75, 3.05) is 13.1 Å². The largest absolute Gasteiger partial charge is 0.449 e. The molecule has 2 bridgehead atoms. The predicted molar refractivity (Wildman–Crippen MR) is 98.1 cm³/mol. The van der Waals surface area contributed by atoms with Crippen LogP contribution in [-0.2, 0) is 0 Å². The van der Waals surface area contributed by atoms with Gasteiger partial charge in [0.05, 0.1) is 5.02 Å². The van der Waals surface area contributed by atoms with Gasteiger partial charge in [0, 0.05) is 17.0 Å². The Kier molecular flexibility index (Phi) is 4.58. The van der Waals surface area contributed by atoms with Crippen molar-refractivity contribution in [1.29, 1.82) is 0 Å². The maximum Gasteiger partial charge on any atom is 0.287 e. The number of nitrogens with zero attached hydrogens (tertiary/aromatic N) is 1. The Morgan fingerprint density at radius 2 is 2.04 bits per heavy atom. The molecule has 1 N–H and O–H groups in total. The number of hydrogen-bond acceptors (Lipinski definition) is 3. The second-order valence-electron chi connectivity index (χ2n) is 7.20. The van der Waals surface area contributed by atoms with Crippen molar-refractivity contribution in [3.05, 3.63) is 35.0 Å². The molecule has 5 rings (SSSR count). The van der Waals surface area contributed by atoms with E-state index in [4.69, 9.17) is 16.0 Å². The van der Waals surface area contributed by atoms with Crippen LogP contribution in [0.1, 0.15) is 37.2 Å². The lowest BCUT2D eigenvalue weighted by Crippen LogP contribution is -2.69. The van der Waals surface area contributed by atoms with Crippen LogP contribution in [0, 0.1) is 5.92 Å². The van der Waals surface area contributed by atoms with E-state index in [0.29, 0.717) is 22.3 Å². The molecule has 4 nitrogen and oxygen atoms in total.